The molecular formula is C16H18O6. The van der Waals surface area contributed by atoms with Crippen LogP contribution in [-0.2, 0) is 11.2 Å². The molecule has 0 spiro atoms. The van der Waals surface area contributed by atoms with Gasteiger partial charge in [0.05, 0.1) is 17.2 Å². The molecule has 0 aliphatic rings. The summed E-state index contributed by atoms with van der Waals surface area (Å²) in [6.45, 7) is 5.09. The Balaban J connectivity index is 2.91. The van der Waals surface area contributed by atoms with Crippen molar-refractivity contribution in [1.82, 2.24) is 0 Å². The van der Waals surface area contributed by atoms with Crippen molar-refractivity contribution in [2.75, 3.05) is 0 Å². The van der Waals surface area contributed by atoms with E-state index in [1.807, 2.05) is 0 Å². The van der Waals surface area contributed by atoms with Crippen LogP contribution < -0.4 is 0 Å². The second kappa shape index (κ2) is 7.51. The van der Waals surface area contributed by atoms with E-state index in [1.165, 1.54) is 18.2 Å². The number of aliphatic hydroxyl groups excluding tert-OH is 1. The van der Waals surface area contributed by atoms with Gasteiger partial charge in [-0.2, -0.15) is 0 Å². The summed E-state index contributed by atoms with van der Waals surface area (Å²) >= 11 is 0. The normalized spacial score (nSPS) is 11.7. The number of hydrogen-bond acceptors (Lipinski definition) is 4. The number of rotatable bonds is 8. The molecule has 0 radical (unpaired) electrons. The molecule has 0 saturated carbocycles. The SMILES string of the molecule is C=C(C)C(=O)CCC(O)Cc1cccc(C(=O)O)c1C(=O)O. The highest BCUT2D eigenvalue weighted by Crippen LogP contribution is 2.19. The molecule has 1 aromatic rings. The lowest BCUT2D eigenvalue weighted by Gasteiger charge is -2.13. The molecule has 0 aromatic heterocycles. The summed E-state index contributed by atoms with van der Waals surface area (Å²) in [5.74, 6) is -2.87. The Hall–Kier alpha value is -2.47. The predicted molar refractivity (Wildman–Crippen MR) is 79.1 cm³/mol. The van der Waals surface area contributed by atoms with Gasteiger partial charge in [0.15, 0.2) is 5.78 Å². The quantitative estimate of drug-likeness (QED) is 0.632. The second-order valence-corrected chi connectivity index (χ2v) is 5.05. The van der Waals surface area contributed by atoms with E-state index in [0.717, 1.165) is 0 Å². The lowest BCUT2D eigenvalue weighted by Crippen LogP contribution is -2.17. The highest BCUT2D eigenvalue weighted by molar-refractivity contribution is 6.02. The number of aliphatic hydroxyl groups is 1. The number of carboxylic acids is 2. The molecular weight excluding hydrogens is 288 g/mol. The van der Waals surface area contributed by atoms with Crippen molar-refractivity contribution in [3.8, 4) is 0 Å². The van der Waals surface area contributed by atoms with Gasteiger partial charge in [0.25, 0.3) is 0 Å². The monoisotopic (exact) mass is 306 g/mol. The van der Waals surface area contributed by atoms with E-state index >= 15 is 0 Å². The zero-order valence-electron chi connectivity index (χ0n) is 12.2. The van der Waals surface area contributed by atoms with Gasteiger partial charge in [-0.1, -0.05) is 18.7 Å². The predicted octanol–water partition coefficient (Wildman–Crippen LogP) is 1.91. The Labute approximate surface area is 127 Å². The minimum atomic E-state index is -1.36. The number of aromatic carboxylic acids is 2. The Morgan fingerprint density at radius 2 is 1.82 bits per heavy atom. The van der Waals surface area contributed by atoms with Crippen molar-refractivity contribution in [3.63, 3.8) is 0 Å². The number of carboxylic acid groups (broad SMARTS) is 2. The zero-order valence-corrected chi connectivity index (χ0v) is 12.2. The van der Waals surface area contributed by atoms with Crippen LogP contribution in [0.4, 0.5) is 0 Å². The highest BCUT2D eigenvalue weighted by Gasteiger charge is 2.21. The zero-order chi connectivity index (χ0) is 16.9. The summed E-state index contributed by atoms with van der Waals surface area (Å²) < 4.78 is 0. The third-order valence-electron chi connectivity index (χ3n) is 3.23. The van der Waals surface area contributed by atoms with E-state index in [0.29, 0.717) is 5.57 Å². The summed E-state index contributed by atoms with van der Waals surface area (Å²) in [6.07, 6.45) is -0.711. The molecule has 118 valence electrons. The fourth-order valence-electron chi connectivity index (χ4n) is 2.07. The van der Waals surface area contributed by atoms with E-state index in [1.54, 1.807) is 6.92 Å². The van der Waals surface area contributed by atoms with Crippen molar-refractivity contribution in [1.29, 1.82) is 0 Å². The van der Waals surface area contributed by atoms with Crippen molar-refractivity contribution in [3.05, 3.63) is 47.0 Å². The molecule has 0 aliphatic carbocycles. The third-order valence-corrected chi connectivity index (χ3v) is 3.23. The molecule has 6 heteroatoms. The van der Waals surface area contributed by atoms with Gasteiger partial charge in [-0.25, -0.2) is 9.59 Å². The molecule has 0 fully saturated rings. The summed E-state index contributed by atoms with van der Waals surface area (Å²) in [6, 6.07) is 4.09. The van der Waals surface area contributed by atoms with E-state index < -0.39 is 18.0 Å². The molecule has 0 amide bonds. The average molecular weight is 306 g/mol. The van der Waals surface area contributed by atoms with Gasteiger partial charge in [0.1, 0.15) is 0 Å². The van der Waals surface area contributed by atoms with Crippen LogP contribution in [0.5, 0.6) is 0 Å². The van der Waals surface area contributed by atoms with Gasteiger partial charge >= 0.3 is 11.9 Å². The Bertz CT molecular complexity index is 617. The molecule has 0 bridgehead atoms. The number of benzene rings is 1. The molecule has 0 heterocycles. The topological polar surface area (TPSA) is 112 Å². The van der Waals surface area contributed by atoms with Crippen LogP contribution in [0, 0.1) is 0 Å². The van der Waals surface area contributed by atoms with Crippen LogP contribution >= 0.6 is 0 Å². The first-order valence-electron chi connectivity index (χ1n) is 6.69. The van der Waals surface area contributed by atoms with Crippen molar-refractivity contribution in [2.45, 2.75) is 32.3 Å². The first-order valence-corrected chi connectivity index (χ1v) is 6.69. The number of hydrogen-bond donors (Lipinski definition) is 3. The molecule has 3 N–H and O–H groups in total. The maximum absolute atomic E-state index is 11.4. The van der Waals surface area contributed by atoms with Crippen LogP contribution in [0.2, 0.25) is 0 Å². The first kappa shape index (κ1) is 17.6. The minimum absolute atomic E-state index is 0.0355. The van der Waals surface area contributed by atoms with Gasteiger partial charge in [-0.3, -0.25) is 4.79 Å². The van der Waals surface area contributed by atoms with Gasteiger partial charge < -0.3 is 15.3 Å². The van der Waals surface area contributed by atoms with E-state index in [4.69, 9.17) is 5.11 Å². The third kappa shape index (κ3) is 4.53. The lowest BCUT2D eigenvalue weighted by atomic mass is 9.94. The maximum Gasteiger partial charge on any atom is 0.336 e. The maximum atomic E-state index is 11.4. The largest absolute Gasteiger partial charge is 0.478 e. The van der Waals surface area contributed by atoms with Crippen molar-refractivity contribution < 1.29 is 29.7 Å². The summed E-state index contributed by atoms with van der Waals surface area (Å²) in [4.78, 5) is 33.8. The first-order chi connectivity index (χ1) is 10.2. The van der Waals surface area contributed by atoms with E-state index in [-0.39, 0.29) is 41.7 Å². The summed E-state index contributed by atoms with van der Waals surface area (Å²) in [5, 5.41) is 28.2. The van der Waals surface area contributed by atoms with Crippen LogP contribution in [0.15, 0.2) is 30.4 Å². The lowest BCUT2D eigenvalue weighted by molar-refractivity contribution is -0.116. The van der Waals surface area contributed by atoms with Crippen molar-refractivity contribution in [2.24, 2.45) is 0 Å². The van der Waals surface area contributed by atoms with E-state index in [2.05, 4.69) is 6.58 Å². The van der Waals surface area contributed by atoms with E-state index in [9.17, 15) is 24.6 Å². The van der Waals surface area contributed by atoms with Crippen LogP contribution in [0.1, 0.15) is 46.0 Å². The van der Waals surface area contributed by atoms with Gasteiger partial charge in [-0.15, -0.1) is 0 Å². The molecule has 1 atom stereocenters. The Morgan fingerprint density at radius 1 is 1.18 bits per heavy atom. The molecule has 1 rings (SSSR count). The minimum Gasteiger partial charge on any atom is -0.478 e. The van der Waals surface area contributed by atoms with Gasteiger partial charge in [-0.05, 0) is 37.0 Å². The highest BCUT2D eigenvalue weighted by atomic mass is 16.4. The number of carbonyl (C=O) groups excluding carboxylic acids is 1. The summed E-state index contributed by atoms with van der Waals surface area (Å²) in [5.41, 5.74) is -0.0375. The molecule has 1 unspecified atom stereocenters. The second-order valence-electron chi connectivity index (χ2n) is 5.05. The number of carbonyl (C=O) groups is 3. The smallest absolute Gasteiger partial charge is 0.336 e. The molecule has 0 aliphatic heterocycles. The molecule has 22 heavy (non-hydrogen) atoms. The number of Topliss-reactive ketones (excluding diaryl/α,β-unsaturated/α-hetero) is 1. The van der Waals surface area contributed by atoms with Gasteiger partial charge in [0.2, 0.25) is 0 Å². The number of allylic oxidation sites excluding steroid dienone is 1. The van der Waals surface area contributed by atoms with Crippen LogP contribution in [-0.4, -0.2) is 39.1 Å². The molecule has 1 aromatic carbocycles. The Kier molecular flexibility index (Phi) is 6.00. The fraction of sp³-hybridized carbons (Fsp3) is 0.312. The summed E-state index contributed by atoms with van der Waals surface area (Å²) in [7, 11) is 0. The van der Waals surface area contributed by atoms with Crippen LogP contribution in [0.3, 0.4) is 0 Å². The molecule has 0 saturated heterocycles. The standard InChI is InChI=1S/C16H18O6/c1-9(2)13(18)7-6-11(17)8-10-4-3-5-12(15(19)20)14(10)16(21)22/h3-5,11,17H,1,6-8H2,2H3,(H,19,20)(H,21,22). The average Bonchev–Trinajstić information content (AvgIpc) is 2.43. The number of ketones is 1. The van der Waals surface area contributed by atoms with Crippen molar-refractivity contribution >= 4 is 17.7 Å². The molecule has 6 nitrogen and oxygen atoms in total. The van der Waals surface area contributed by atoms with Crippen LogP contribution in [0.25, 0.3) is 0 Å². The Morgan fingerprint density at radius 3 is 2.32 bits per heavy atom. The fourth-order valence-corrected chi connectivity index (χ4v) is 2.07. The van der Waals surface area contributed by atoms with Gasteiger partial charge in [0, 0.05) is 6.42 Å².